The second-order valence-corrected chi connectivity index (χ2v) is 14.4. The molecule has 0 unspecified atom stereocenters. The molecule has 0 aliphatic heterocycles. The van der Waals surface area contributed by atoms with Crippen LogP contribution < -0.4 is 0 Å². The molecule has 0 spiro atoms. The van der Waals surface area contributed by atoms with Crippen LogP contribution in [0.25, 0.3) is 49.7 Å². The summed E-state index contributed by atoms with van der Waals surface area (Å²) in [6, 6.07) is 44.3. The van der Waals surface area contributed by atoms with Crippen molar-refractivity contribution in [2.75, 3.05) is 0 Å². The van der Waals surface area contributed by atoms with Crippen LogP contribution in [-0.4, -0.2) is 4.57 Å². The van der Waals surface area contributed by atoms with Crippen LogP contribution in [0.5, 0.6) is 0 Å². The van der Waals surface area contributed by atoms with Gasteiger partial charge in [0.2, 0.25) is 0 Å². The van der Waals surface area contributed by atoms with Crippen LogP contribution in [0.3, 0.4) is 0 Å². The van der Waals surface area contributed by atoms with Crippen molar-refractivity contribution in [1.29, 1.82) is 0 Å². The normalized spacial score (nSPS) is 12.7. The fraction of sp³-hybridized carbons (Fsp3) is 0.0270. The van der Waals surface area contributed by atoms with Crippen molar-refractivity contribution in [3.8, 4) is 27.9 Å². The molecule has 0 N–H and O–H groups in total. The number of rotatable bonds is 3. The number of fused-ring (bicyclic) bond motifs is 6. The monoisotopic (exact) mass is 795 g/mol. The molecule has 1 nitrogen and oxygen atoms in total. The Morgan fingerprint density at radius 1 is 0.429 bits per heavy atom. The number of halogens is 4. The average Bonchev–Trinajstić information content (AvgIpc) is 3.48. The van der Waals surface area contributed by atoms with Gasteiger partial charge in [-0.3, -0.25) is 0 Å². The van der Waals surface area contributed by atoms with E-state index in [9.17, 15) is 0 Å². The van der Waals surface area contributed by atoms with E-state index in [0.717, 1.165) is 23.6 Å². The van der Waals surface area contributed by atoms with Gasteiger partial charge in [-0.25, -0.2) is 0 Å². The first kappa shape index (κ1) is 26.7. The largest absolute Gasteiger partial charge is 0.309 e. The highest BCUT2D eigenvalue weighted by atomic mass is 79.9. The van der Waals surface area contributed by atoms with Gasteiger partial charge < -0.3 is 4.57 Å². The Morgan fingerprint density at radius 3 is 1.36 bits per heavy atom. The van der Waals surface area contributed by atoms with Crippen LogP contribution >= 0.6 is 63.7 Å². The molecule has 0 amide bonds. The Labute approximate surface area is 277 Å². The molecule has 7 aromatic rings. The summed E-state index contributed by atoms with van der Waals surface area (Å²) in [4.78, 5) is 0. The van der Waals surface area contributed by atoms with Gasteiger partial charge in [-0.15, -0.1) is 0 Å². The van der Waals surface area contributed by atoms with Gasteiger partial charge in [0, 0.05) is 40.3 Å². The van der Waals surface area contributed by atoms with Gasteiger partial charge in [0.15, 0.2) is 0 Å². The first-order valence-corrected chi connectivity index (χ1v) is 16.8. The third-order valence-corrected chi connectivity index (χ3v) is 10.3. The topological polar surface area (TPSA) is 4.93 Å². The van der Waals surface area contributed by atoms with Crippen LogP contribution in [0.4, 0.5) is 0 Å². The van der Waals surface area contributed by atoms with Crippen molar-refractivity contribution in [3.05, 3.63) is 156 Å². The number of hydrogen-bond acceptors (Lipinski definition) is 0. The lowest BCUT2D eigenvalue weighted by Gasteiger charge is -2.15. The predicted octanol–water partition coefficient (Wildman–Crippen LogP) is 12.7. The Bertz CT molecular complexity index is 2070. The lowest BCUT2D eigenvalue weighted by molar-refractivity contribution is 1.01. The van der Waals surface area contributed by atoms with E-state index < -0.39 is 0 Å². The summed E-state index contributed by atoms with van der Waals surface area (Å²) in [6.07, 6.45) is 0. The molecule has 6 aromatic carbocycles. The molecule has 0 saturated heterocycles. The first-order valence-electron chi connectivity index (χ1n) is 13.6. The van der Waals surface area contributed by atoms with E-state index in [1.165, 1.54) is 60.8 Å². The minimum absolute atomic E-state index is 0.225. The molecule has 0 saturated carbocycles. The van der Waals surface area contributed by atoms with E-state index in [1.54, 1.807) is 0 Å². The van der Waals surface area contributed by atoms with E-state index >= 15 is 0 Å². The maximum Gasteiger partial charge on any atom is 0.0541 e. The van der Waals surface area contributed by atoms with E-state index in [2.05, 4.69) is 190 Å². The summed E-state index contributed by atoms with van der Waals surface area (Å²) < 4.78 is 6.72. The molecule has 5 heteroatoms. The molecule has 0 atom stereocenters. The summed E-state index contributed by atoms with van der Waals surface area (Å²) in [6.45, 7) is 0. The van der Waals surface area contributed by atoms with Crippen molar-refractivity contribution in [2.45, 2.75) is 5.92 Å². The molecule has 0 radical (unpaired) electrons. The summed E-state index contributed by atoms with van der Waals surface area (Å²) in [5.74, 6) is 0.225. The second-order valence-electron chi connectivity index (χ2n) is 10.7. The fourth-order valence-electron chi connectivity index (χ4n) is 6.47. The van der Waals surface area contributed by atoms with Gasteiger partial charge in [-0.1, -0.05) is 112 Å². The molecule has 1 aliphatic rings. The van der Waals surface area contributed by atoms with Gasteiger partial charge in [0.05, 0.1) is 11.0 Å². The number of aromatic nitrogens is 1. The van der Waals surface area contributed by atoms with Crippen LogP contribution in [-0.2, 0) is 0 Å². The molecule has 8 rings (SSSR count). The third kappa shape index (κ3) is 4.36. The first-order chi connectivity index (χ1) is 20.4. The van der Waals surface area contributed by atoms with Crippen LogP contribution in [0.1, 0.15) is 22.6 Å². The average molecular weight is 799 g/mol. The quantitative estimate of drug-likeness (QED) is 0.168. The van der Waals surface area contributed by atoms with E-state index in [-0.39, 0.29) is 5.92 Å². The Hall–Kier alpha value is -2.96. The zero-order valence-corrected chi connectivity index (χ0v) is 28.4. The van der Waals surface area contributed by atoms with Crippen molar-refractivity contribution < 1.29 is 0 Å². The Kier molecular flexibility index (Phi) is 6.56. The van der Waals surface area contributed by atoms with Crippen molar-refractivity contribution >= 4 is 85.5 Å². The van der Waals surface area contributed by atoms with Gasteiger partial charge in [-0.05, 0) is 112 Å². The maximum absolute atomic E-state index is 3.68. The van der Waals surface area contributed by atoms with E-state index in [1.807, 2.05) is 0 Å². The van der Waals surface area contributed by atoms with E-state index in [4.69, 9.17) is 0 Å². The zero-order chi connectivity index (χ0) is 28.5. The lowest BCUT2D eigenvalue weighted by atomic mass is 9.88. The number of benzene rings is 6. The highest BCUT2D eigenvalue weighted by Crippen LogP contribution is 2.49. The number of hydrogen-bond donors (Lipinski definition) is 0. The molecule has 0 fully saturated rings. The van der Waals surface area contributed by atoms with Crippen LogP contribution in [0.2, 0.25) is 0 Å². The minimum atomic E-state index is 0.225. The molecule has 42 heavy (non-hydrogen) atoms. The zero-order valence-electron chi connectivity index (χ0n) is 22.1. The smallest absolute Gasteiger partial charge is 0.0541 e. The molecule has 1 heterocycles. The fourth-order valence-corrected chi connectivity index (χ4v) is 7.91. The van der Waals surface area contributed by atoms with Crippen LogP contribution in [0, 0.1) is 0 Å². The minimum Gasteiger partial charge on any atom is -0.309 e. The molecular formula is C37H21Br4N. The van der Waals surface area contributed by atoms with Crippen molar-refractivity contribution in [1.82, 2.24) is 4.57 Å². The standard InChI is InChI=1S/C37H21Br4N/c38-24-7-13-29-31(17-24)32-18-25(39)8-14-30(32)37(29)23-3-1-21(2-4-23)22-5-11-28(12-6-22)42-35-15-9-26(40)19-33(35)34-20-27(41)10-16-36(34)42/h1-20,37H. The van der Waals surface area contributed by atoms with Crippen LogP contribution in [0.15, 0.2) is 139 Å². The SMILES string of the molecule is Brc1ccc2c(c1)-c1cc(Br)ccc1C2c1ccc(-c2ccc(-n3c4ccc(Br)cc4c4cc(Br)ccc43)cc2)cc1. The van der Waals surface area contributed by atoms with Gasteiger partial charge in [0.25, 0.3) is 0 Å². The molecule has 0 bridgehead atoms. The van der Waals surface area contributed by atoms with Gasteiger partial charge in [-0.2, -0.15) is 0 Å². The highest BCUT2D eigenvalue weighted by molar-refractivity contribution is 9.11. The summed E-state index contributed by atoms with van der Waals surface area (Å²) >= 11 is 14.7. The number of nitrogens with zero attached hydrogens (tertiary/aromatic N) is 1. The summed E-state index contributed by atoms with van der Waals surface area (Å²) in [5.41, 5.74) is 12.6. The van der Waals surface area contributed by atoms with Gasteiger partial charge in [0.1, 0.15) is 0 Å². The lowest BCUT2D eigenvalue weighted by Crippen LogP contribution is -1.99. The highest BCUT2D eigenvalue weighted by Gasteiger charge is 2.30. The maximum atomic E-state index is 3.68. The Morgan fingerprint density at radius 2 is 0.857 bits per heavy atom. The molecule has 1 aliphatic carbocycles. The molecular weight excluding hydrogens is 778 g/mol. The third-order valence-electron chi connectivity index (χ3n) is 8.33. The predicted molar refractivity (Wildman–Crippen MR) is 190 cm³/mol. The summed E-state index contributed by atoms with van der Waals surface area (Å²) in [5, 5.41) is 2.46. The molecule has 202 valence electrons. The molecule has 1 aromatic heterocycles. The van der Waals surface area contributed by atoms with Crippen molar-refractivity contribution in [3.63, 3.8) is 0 Å². The summed E-state index contributed by atoms with van der Waals surface area (Å²) in [7, 11) is 0. The second kappa shape index (κ2) is 10.3. The van der Waals surface area contributed by atoms with E-state index in [0.29, 0.717) is 0 Å². The van der Waals surface area contributed by atoms with Gasteiger partial charge >= 0.3 is 0 Å². The van der Waals surface area contributed by atoms with Crippen molar-refractivity contribution in [2.24, 2.45) is 0 Å². The Balaban J connectivity index is 1.16.